The van der Waals surface area contributed by atoms with E-state index in [9.17, 15) is 0 Å². The minimum atomic E-state index is 0.525. The van der Waals surface area contributed by atoms with Crippen LogP contribution in [0.25, 0.3) is 0 Å². The van der Waals surface area contributed by atoms with Crippen LogP contribution in [0.2, 0.25) is 0 Å². The molecule has 0 fully saturated rings. The molecular weight excluding hydrogens is 202 g/mol. The van der Waals surface area contributed by atoms with Gasteiger partial charge >= 0.3 is 0 Å². The van der Waals surface area contributed by atoms with Gasteiger partial charge in [0.25, 0.3) is 0 Å². The average Bonchev–Trinajstić information content (AvgIpc) is 2.66. The van der Waals surface area contributed by atoms with Gasteiger partial charge in [0.15, 0.2) is 0 Å². The Morgan fingerprint density at radius 2 is 2.25 bits per heavy atom. The van der Waals surface area contributed by atoms with E-state index >= 15 is 0 Å². The average molecular weight is 217 g/mol. The van der Waals surface area contributed by atoms with Crippen LogP contribution in [0.4, 0.5) is 5.69 Å². The van der Waals surface area contributed by atoms with E-state index in [1.807, 2.05) is 38.4 Å². The second kappa shape index (κ2) is 4.26. The summed E-state index contributed by atoms with van der Waals surface area (Å²) in [5, 5.41) is 4.08. The Balaban J connectivity index is 2.02. The van der Waals surface area contributed by atoms with Crippen molar-refractivity contribution < 1.29 is 4.74 Å². The third kappa shape index (κ3) is 2.34. The van der Waals surface area contributed by atoms with Gasteiger partial charge in [-0.05, 0) is 30.7 Å². The normalized spacial score (nSPS) is 10.4. The Kier molecular flexibility index (Phi) is 2.81. The summed E-state index contributed by atoms with van der Waals surface area (Å²) in [4.78, 5) is 0. The lowest BCUT2D eigenvalue weighted by Crippen LogP contribution is -1.96. The third-order valence-electron chi connectivity index (χ3n) is 2.41. The van der Waals surface area contributed by atoms with Crippen LogP contribution < -0.4 is 10.5 Å². The van der Waals surface area contributed by atoms with Crippen molar-refractivity contribution in [2.75, 3.05) is 5.73 Å². The molecule has 4 nitrogen and oxygen atoms in total. The van der Waals surface area contributed by atoms with Gasteiger partial charge in [-0.15, -0.1) is 0 Å². The van der Waals surface area contributed by atoms with Gasteiger partial charge < -0.3 is 10.5 Å². The highest BCUT2D eigenvalue weighted by atomic mass is 16.5. The lowest BCUT2D eigenvalue weighted by Gasteiger charge is -2.06. The molecule has 16 heavy (non-hydrogen) atoms. The van der Waals surface area contributed by atoms with E-state index in [0.29, 0.717) is 6.61 Å². The first kappa shape index (κ1) is 10.5. The highest BCUT2D eigenvalue weighted by Crippen LogP contribution is 2.19. The molecule has 2 rings (SSSR count). The maximum absolute atomic E-state index is 5.73. The van der Waals surface area contributed by atoms with Crippen LogP contribution in [-0.2, 0) is 13.7 Å². The Morgan fingerprint density at radius 3 is 2.88 bits per heavy atom. The number of ether oxygens (including phenoxy) is 1. The molecule has 0 spiro atoms. The van der Waals surface area contributed by atoms with Gasteiger partial charge in [-0.1, -0.05) is 0 Å². The highest BCUT2D eigenvalue weighted by molar-refractivity contribution is 5.49. The molecular formula is C12H15N3O. The summed E-state index contributed by atoms with van der Waals surface area (Å²) < 4.78 is 7.39. The van der Waals surface area contributed by atoms with Crippen LogP contribution in [0, 0.1) is 6.92 Å². The first-order valence-electron chi connectivity index (χ1n) is 5.11. The number of benzene rings is 1. The van der Waals surface area contributed by atoms with Gasteiger partial charge in [0, 0.05) is 24.5 Å². The second-order valence-electron chi connectivity index (χ2n) is 3.83. The number of nitrogens with two attached hydrogens (primary N) is 1. The predicted molar refractivity (Wildman–Crippen MR) is 63.1 cm³/mol. The summed E-state index contributed by atoms with van der Waals surface area (Å²) in [6.45, 7) is 2.49. The number of hydrogen-bond donors (Lipinski definition) is 1. The molecule has 84 valence electrons. The predicted octanol–water partition coefficient (Wildman–Crippen LogP) is 1.89. The van der Waals surface area contributed by atoms with Gasteiger partial charge in [-0.25, -0.2) is 0 Å². The fraction of sp³-hybridized carbons (Fsp3) is 0.250. The molecule has 0 unspecified atom stereocenters. The zero-order valence-corrected chi connectivity index (χ0v) is 9.47. The van der Waals surface area contributed by atoms with Crippen molar-refractivity contribution in [2.24, 2.45) is 7.05 Å². The van der Waals surface area contributed by atoms with Crippen LogP contribution >= 0.6 is 0 Å². The first-order valence-corrected chi connectivity index (χ1v) is 5.11. The lowest BCUT2D eigenvalue weighted by atomic mass is 10.2. The fourth-order valence-electron chi connectivity index (χ4n) is 1.45. The Morgan fingerprint density at radius 1 is 1.44 bits per heavy atom. The minimum absolute atomic E-state index is 0.525. The molecule has 0 amide bonds. The SMILES string of the molecule is Cc1cc(OCc2cnn(C)c2)ccc1N. The number of rotatable bonds is 3. The molecule has 1 heterocycles. The van der Waals surface area contributed by atoms with Gasteiger partial charge in [0.1, 0.15) is 12.4 Å². The summed E-state index contributed by atoms with van der Waals surface area (Å²) in [5.41, 5.74) is 8.60. The van der Waals surface area contributed by atoms with Crippen LogP contribution in [-0.4, -0.2) is 9.78 Å². The molecule has 0 bridgehead atoms. The molecule has 0 radical (unpaired) electrons. The molecule has 0 aliphatic heterocycles. The number of nitrogen functional groups attached to an aromatic ring is 1. The van der Waals surface area contributed by atoms with Crippen molar-refractivity contribution in [3.8, 4) is 5.75 Å². The Bertz CT molecular complexity index is 491. The second-order valence-corrected chi connectivity index (χ2v) is 3.83. The van der Waals surface area contributed by atoms with E-state index in [1.54, 1.807) is 10.9 Å². The third-order valence-corrected chi connectivity index (χ3v) is 2.41. The van der Waals surface area contributed by atoms with E-state index in [0.717, 1.165) is 22.6 Å². The Labute approximate surface area is 94.6 Å². The smallest absolute Gasteiger partial charge is 0.120 e. The zero-order chi connectivity index (χ0) is 11.5. The van der Waals surface area contributed by atoms with Crippen LogP contribution in [0.1, 0.15) is 11.1 Å². The van der Waals surface area contributed by atoms with Crippen LogP contribution in [0.5, 0.6) is 5.75 Å². The molecule has 0 saturated heterocycles. The number of aryl methyl sites for hydroxylation is 2. The first-order chi connectivity index (χ1) is 7.65. The molecule has 2 aromatic rings. The summed E-state index contributed by atoms with van der Waals surface area (Å²) >= 11 is 0. The number of anilines is 1. The van der Waals surface area contributed by atoms with E-state index < -0.39 is 0 Å². The molecule has 0 aliphatic rings. The molecule has 0 atom stereocenters. The molecule has 0 aliphatic carbocycles. The van der Waals surface area contributed by atoms with Crippen molar-refractivity contribution >= 4 is 5.69 Å². The number of nitrogens with zero attached hydrogens (tertiary/aromatic N) is 2. The maximum atomic E-state index is 5.73. The van der Waals surface area contributed by atoms with E-state index in [2.05, 4.69) is 5.10 Å². The van der Waals surface area contributed by atoms with Crippen molar-refractivity contribution in [3.05, 3.63) is 41.7 Å². The van der Waals surface area contributed by atoms with Crippen molar-refractivity contribution in [3.63, 3.8) is 0 Å². The Hall–Kier alpha value is -1.97. The molecule has 4 heteroatoms. The summed E-state index contributed by atoms with van der Waals surface area (Å²) in [6, 6.07) is 5.66. The van der Waals surface area contributed by atoms with E-state index in [1.165, 1.54) is 0 Å². The molecule has 2 N–H and O–H groups in total. The largest absolute Gasteiger partial charge is 0.489 e. The molecule has 1 aromatic carbocycles. The van der Waals surface area contributed by atoms with Gasteiger partial charge in [0.2, 0.25) is 0 Å². The van der Waals surface area contributed by atoms with Crippen LogP contribution in [0.15, 0.2) is 30.6 Å². The van der Waals surface area contributed by atoms with Crippen LogP contribution in [0.3, 0.4) is 0 Å². The highest BCUT2D eigenvalue weighted by Gasteiger charge is 2.00. The van der Waals surface area contributed by atoms with Gasteiger partial charge in [-0.3, -0.25) is 4.68 Å². The quantitative estimate of drug-likeness (QED) is 0.799. The topological polar surface area (TPSA) is 53.1 Å². The summed E-state index contributed by atoms with van der Waals surface area (Å²) in [5.74, 6) is 0.829. The lowest BCUT2D eigenvalue weighted by molar-refractivity contribution is 0.306. The van der Waals surface area contributed by atoms with Crippen molar-refractivity contribution in [2.45, 2.75) is 13.5 Å². The standard InChI is InChI=1S/C12H15N3O/c1-9-5-11(3-4-12(9)13)16-8-10-6-14-15(2)7-10/h3-7H,8,13H2,1-2H3. The van der Waals surface area contributed by atoms with E-state index in [4.69, 9.17) is 10.5 Å². The zero-order valence-electron chi connectivity index (χ0n) is 9.47. The van der Waals surface area contributed by atoms with Crippen molar-refractivity contribution in [1.82, 2.24) is 9.78 Å². The number of aromatic nitrogens is 2. The monoisotopic (exact) mass is 217 g/mol. The van der Waals surface area contributed by atoms with E-state index in [-0.39, 0.29) is 0 Å². The van der Waals surface area contributed by atoms with Gasteiger partial charge in [-0.2, -0.15) is 5.10 Å². The van der Waals surface area contributed by atoms with Gasteiger partial charge in [0.05, 0.1) is 6.20 Å². The van der Waals surface area contributed by atoms with Crippen molar-refractivity contribution in [1.29, 1.82) is 0 Å². The maximum Gasteiger partial charge on any atom is 0.120 e. The fourth-order valence-corrected chi connectivity index (χ4v) is 1.45. The molecule has 0 saturated carbocycles. The summed E-state index contributed by atoms with van der Waals surface area (Å²) in [7, 11) is 1.89. The minimum Gasteiger partial charge on any atom is -0.489 e. The summed E-state index contributed by atoms with van der Waals surface area (Å²) in [6.07, 6.45) is 3.73. The number of hydrogen-bond acceptors (Lipinski definition) is 3. The molecule has 1 aromatic heterocycles.